The normalized spacial score (nSPS) is 13.2. The predicted octanol–water partition coefficient (Wildman–Crippen LogP) is 3.48. The van der Waals surface area contributed by atoms with Gasteiger partial charge in [0.15, 0.2) is 0 Å². The van der Waals surface area contributed by atoms with E-state index in [2.05, 4.69) is 24.8 Å². The summed E-state index contributed by atoms with van der Waals surface area (Å²) in [7, 11) is 0. The molecule has 0 aliphatic rings. The highest BCUT2D eigenvalue weighted by molar-refractivity contribution is 7.99. The predicted molar refractivity (Wildman–Crippen MR) is 81.4 cm³/mol. The lowest BCUT2D eigenvalue weighted by atomic mass is 10.3. The van der Waals surface area contributed by atoms with Gasteiger partial charge >= 0.3 is 0 Å². The molecule has 0 saturated heterocycles. The van der Waals surface area contributed by atoms with Gasteiger partial charge in [0.25, 0.3) is 0 Å². The fourth-order valence-electron chi connectivity index (χ4n) is 1.63. The summed E-state index contributed by atoms with van der Waals surface area (Å²) >= 11 is 9.52. The summed E-state index contributed by atoms with van der Waals surface area (Å²) in [6.45, 7) is 8.46. The van der Waals surface area contributed by atoms with Gasteiger partial charge in [0.1, 0.15) is 0 Å². The van der Waals surface area contributed by atoms with Gasteiger partial charge < -0.3 is 10.6 Å². The molecule has 2 nitrogen and oxygen atoms in total. The number of thiophene rings is 1. The van der Waals surface area contributed by atoms with Crippen molar-refractivity contribution in [1.29, 1.82) is 0 Å². The van der Waals surface area contributed by atoms with E-state index in [4.69, 9.17) is 17.3 Å². The van der Waals surface area contributed by atoms with Gasteiger partial charge in [0.05, 0.1) is 9.59 Å². The SMILES string of the molecule is CCN(CC)CCSC(CN)c1ccc(Cl)s1. The van der Waals surface area contributed by atoms with Crippen molar-refractivity contribution in [3.63, 3.8) is 0 Å². The Labute approximate surface area is 118 Å². The molecule has 0 radical (unpaired) electrons. The summed E-state index contributed by atoms with van der Waals surface area (Å²) in [5, 5.41) is 0.392. The molecule has 0 aromatic carbocycles. The maximum absolute atomic E-state index is 5.95. The minimum atomic E-state index is 0.392. The number of thioether (sulfide) groups is 1. The highest BCUT2D eigenvalue weighted by atomic mass is 35.5. The lowest BCUT2D eigenvalue weighted by molar-refractivity contribution is 0.324. The first-order valence-corrected chi connectivity index (χ1v) is 8.24. The molecule has 1 unspecified atom stereocenters. The number of nitrogens with zero attached hydrogens (tertiary/aromatic N) is 1. The van der Waals surface area contributed by atoms with Crippen molar-refractivity contribution in [2.75, 3.05) is 31.9 Å². The molecule has 0 saturated carbocycles. The van der Waals surface area contributed by atoms with E-state index < -0.39 is 0 Å². The quantitative estimate of drug-likeness (QED) is 0.795. The molecular weight excluding hydrogens is 272 g/mol. The van der Waals surface area contributed by atoms with Crippen molar-refractivity contribution >= 4 is 34.7 Å². The molecule has 1 heterocycles. The summed E-state index contributed by atoms with van der Waals surface area (Å²) in [5.41, 5.74) is 5.83. The molecule has 1 rings (SSSR count). The minimum absolute atomic E-state index is 0.392. The smallest absolute Gasteiger partial charge is 0.0931 e. The third-order valence-corrected chi connectivity index (χ3v) is 5.51. The summed E-state index contributed by atoms with van der Waals surface area (Å²) in [4.78, 5) is 3.73. The van der Waals surface area contributed by atoms with Crippen LogP contribution in [0.25, 0.3) is 0 Å². The first-order chi connectivity index (χ1) is 8.21. The van der Waals surface area contributed by atoms with Crippen LogP contribution in [0.2, 0.25) is 4.34 Å². The summed E-state index contributed by atoms with van der Waals surface area (Å²) in [6.07, 6.45) is 0. The van der Waals surface area contributed by atoms with Crippen LogP contribution in [0.15, 0.2) is 12.1 Å². The molecule has 5 heteroatoms. The van der Waals surface area contributed by atoms with Crippen LogP contribution in [0.4, 0.5) is 0 Å². The molecule has 0 bridgehead atoms. The Kier molecular flexibility index (Phi) is 7.55. The van der Waals surface area contributed by atoms with Crippen LogP contribution in [0, 0.1) is 0 Å². The Balaban J connectivity index is 2.38. The molecule has 17 heavy (non-hydrogen) atoms. The number of nitrogens with two attached hydrogens (primary N) is 1. The molecule has 1 atom stereocenters. The topological polar surface area (TPSA) is 29.3 Å². The van der Waals surface area contributed by atoms with Gasteiger partial charge in [-0.25, -0.2) is 0 Å². The molecule has 0 fully saturated rings. The third-order valence-electron chi connectivity index (χ3n) is 2.75. The Morgan fingerprint density at radius 3 is 2.59 bits per heavy atom. The van der Waals surface area contributed by atoms with Crippen LogP contribution >= 0.6 is 34.7 Å². The zero-order chi connectivity index (χ0) is 12.7. The number of hydrogen-bond acceptors (Lipinski definition) is 4. The highest BCUT2D eigenvalue weighted by Gasteiger charge is 2.12. The molecule has 1 aromatic rings. The van der Waals surface area contributed by atoms with Crippen molar-refractivity contribution in [3.8, 4) is 0 Å². The lowest BCUT2D eigenvalue weighted by Gasteiger charge is -2.19. The Morgan fingerprint density at radius 1 is 1.41 bits per heavy atom. The zero-order valence-corrected chi connectivity index (χ0v) is 12.9. The van der Waals surface area contributed by atoms with Crippen molar-refractivity contribution in [2.24, 2.45) is 5.73 Å². The van der Waals surface area contributed by atoms with Crippen LogP contribution in [0.1, 0.15) is 24.0 Å². The number of rotatable bonds is 8. The largest absolute Gasteiger partial charge is 0.329 e. The van der Waals surface area contributed by atoms with Crippen LogP contribution in [0.5, 0.6) is 0 Å². The molecule has 2 N–H and O–H groups in total. The van der Waals surface area contributed by atoms with E-state index in [1.807, 2.05) is 17.8 Å². The first kappa shape index (κ1) is 15.3. The minimum Gasteiger partial charge on any atom is -0.329 e. The standard InChI is InChI=1S/C12H21ClN2S2/c1-3-15(4-2)7-8-16-11(9-14)10-5-6-12(13)17-10/h5-6,11H,3-4,7-9,14H2,1-2H3. The molecule has 98 valence electrons. The van der Waals surface area contributed by atoms with Crippen molar-refractivity contribution in [2.45, 2.75) is 19.1 Å². The average Bonchev–Trinajstić information content (AvgIpc) is 2.76. The monoisotopic (exact) mass is 292 g/mol. The van der Waals surface area contributed by atoms with Crippen LogP contribution in [-0.4, -0.2) is 36.8 Å². The van der Waals surface area contributed by atoms with Gasteiger partial charge in [-0.1, -0.05) is 25.4 Å². The summed E-state index contributed by atoms with van der Waals surface area (Å²) < 4.78 is 0.850. The highest BCUT2D eigenvalue weighted by Crippen LogP contribution is 2.34. The van der Waals surface area contributed by atoms with Crippen molar-refractivity contribution < 1.29 is 0 Å². The second-order valence-electron chi connectivity index (χ2n) is 3.76. The Morgan fingerprint density at radius 2 is 2.12 bits per heavy atom. The second-order valence-corrected chi connectivity index (χ2v) is 6.82. The molecular formula is C12H21ClN2S2. The van der Waals surface area contributed by atoms with Gasteiger partial charge in [0.2, 0.25) is 0 Å². The van der Waals surface area contributed by atoms with Crippen molar-refractivity contribution in [1.82, 2.24) is 4.90 Å². The van der Waals surface area contributed by atoms with Crippen molar-refractivity contribution in [3.05, 3.63) is 21.3 Å². The van der Waals surface area contributed by atoms with E-state index in [1.54, 1.807) is 11.3 Å². The van der Waals surface area contributed by atoms with Gasteiger partial charge in [-0.05, 0) is 25.2 Å². The van der Waals surface area contributed by atoms with E-state index in [0.29, 0.717) is 11.8 Å². The van der Waals surface area contributed by atoms with Crippen LogP contribution < -0.4 is 5.73 Å². The maximum Gasteiger partial charge on any atom is 0.0931 e. The Bertz CT molecular complexity index is 313. The number of halogens is 1. The second kappa shape index (κ2) is 8.38. The third kappa shape index (κ3) is 5.18. The average molecular weight is 293 g/mol. The molecule has 0 aliphatic carbocycles. The fraction of sp³-hybridized carbons (Fsp3) is 0.667. The number of hydrogen-bond donors (Lipinski definition) is 1. The maximum atomic E-state index is 5.95. The zero-order valence-electron chi connectivity index (χ0n) is 10.5. The van der Waals surface area contributed by atoms with Crippen LogP contribution in [-0.2, 0) is 0 Å². The van der Waals surface area contributed by atoms with Gasteiger partial charge in [-0.3, -0.25) is 0 Å². The lowest BCUT2D eigenvalue weighted by Crippen LogP contribution is -2.25. The fourth-order valence-corrected chi connectivity index (χ4v) is 4.06. The van der Waals surface area contributed by atoms with E-state index in [1.165, 1.54) is 4.88 Å². The molecule has 0 spiro atoms. The van der Waals surface area contributed by atoms with E-state index >= 15 is 0 Å². The Hall–Kier alpha value is 0.260. The summed E-state index contributed by atoms with van der Waals surface area (Å²) in [6, 6.07) is 4.05. The van der Waals surface area contributed by atoms with E-state index in [0.717, 1.165) is 29.7 Å². The van der Waals surface area contributed by atoms with E-state index in [-0.39, 0.29) is 0 Å². The molecule has 0 amide bonds. The van der Waals surface area contributed by atoms with Gasteiger partial charge in [-0.15, -0.1) is 11.3 Å². The van der Waals surface area contributed by atoms with Gasteiger partial charge in [0, 0.05) is 23.7 Å². The molecule has 0 aliphatic heterocycles. The van der Waals surface area contributed by atoms with Crippen LogP contribution in [0.3, 0.4) is 0 Å². The van der Waals surface area contributed by atoms with Gasteiger partial charge in [-0.2, -0.15) is 11.8 Å². The first-order valence-electron chi connectivity index (χ1n) is 6.00. The molecule has 1 aromatic heterocycles. The van der Waals surface area contributed by atoms with E-state index in [9.17, 15) is 0 Å². The summed E-state index contributed by atoms with van der Waals surface area (Å²) in [5.74, 6) is 1.12.